The predicted octanol–water partition coefficient (Wildman–Crippen LogP) is 0.000000000000000222. The van der Waals surface area contributed by atoms with Gasteiger partial charge in [0.05, 0.1) is 4.91 Å². The van der Waals surface area contributed by atoms with Gasteiger partial charge >= 0.3 is 0 Å². The average molecular weight is 310 g/mol. The largest absolute Gasteiger partial charge is 0.382 e. The van der Waals surface area contributed by atoms with Crippen molar-refractivity contribution in [3.05, 3.63) is 40.3 Å². The molecule has 1 aromatic rings. The number of amides is 1. The average Bonchev–Trinajstić information content (AvgIpc) is 2.51. The van der Waals surface area contributed by atoms with Gasteiger partial charge in [0.1, 0.15) is 6.10 Å². The lowest BCUT2D eigenvalue weighted by atomic mass is 9.98. The topological polar surface area (TPSA) is 95.5 Å². The lowest BCUT2D eigenvalue weighted by Gasteiger charge is -2.17. The molecule has 0 aromatic heterocycles. The van der Waals surface area contributed by atoms with Gasteiger partial charge < -0.3 is 10.4 Å². The first-order chi connectivity index (χ1) is 9.94. The summed E-state index contributed by atoms with van der Waals surface area (Å²) in [6, 6.07) is 7.61. The van der Waals surface area contributed by atoms with E-state index in [2.05, 4.69) is 10.0 Å². The molecule has 0 unspecified atom stereocenters. The van der Waals surface area contributed by atoms with E-state index in [0.717, 1.165) is 11.1 Å². The Labute approximate surface area is 123 Å². The van der Waals surface area contributed by atoms with Crippen LogP contribution in [0.15, 0.2) is 29.2 Å². The van der Waals surface area contributed by atoms with Crippen molar-refractivity contribution < 1.29 is 18.3 Å². The van der Waals surface area contributed by atoms with Gasteiger partial charge in [0.25, 0.3) is 0 Å². The number of hydrogen-bond acceptors (Lipinski definition) is 4. The SMILES string of the molecule is CNC(=O)[C@@H](O)CNS(=O)(=O)C1=Cc2ccccc2CC1. The molecule has 114 valence electrons. The zero-order valence-electron chi connectivity index (χ0n) is 11.7. The van der Waals surface area contributed by atoms with Gasteiger partial charge in [-0.15, -0.1) is 0 Å². The van der Waals surface area contributed by atoms with Gasteiger partial charge in [-0.1, -0.05) is 24.3 Å². The van der Waals surface area contributed by atoms with E-state index in [9.17, 15) is 18.3 Å². The number of nitrogens with one attached hydrogen (secondary N) is 2. The first-order valence-electron chi connectivity index (χ1n) is 6.62. The van der Waals surface area contributed by atoms with E-state index < -0.39 is 22.0 Å². The van der Waals surface area contributed by atoms with E-state index in [-0.39, 0.29) is 11.4 Å². The van der Waals surface area contributed by atoms with Crippen LogP contribution in [0.3, 0.4) is 0 Å². The number of aliphatic hydroxyl groups excluding tert-OH is 1. The number of fused-ring (bicyclic) bond motifs is 1. The second kappa shape index (κ2) is 6.38. The highest BCUT2D eigenvalue weighted by molar-refractivity contribution is 7.93. The zero-order chi connectivity index (χ0) is 15.5. The number of aryl methyl sites for hydroxylation is 1. The summed E-state index contributed by atoms with van der Waals surface area (Å²) >= 11 is 0. The quantitative estimate of drug-likeness (QED) is 0.713. The fourth-order valence-corrected chi connectivity index (χ4v) is 3.37. The number of carbonyl (C=O) groups excluding carboxylic acids is 1. The van der Waals surface area contributed by atoms with Crippen molar-refractivity contribution in [1.29, 1.82) is 0 Å². The zero-order valence-corrected chi connectivity index (χ0v) is 12.5. The van der Waals surface area contributed by atoms with Gasteiger partial charge in [-0.25, -0.2) is 13.1 Å². The Balaban J connectivity index is 2.11. The van der Waals surface area contributed by atoms with Crippen molar-refractivity contribution in [1.82, 2.24) is 10.0 Å². The van der Waals surface area contributed by atoms with Crippen molar-refractivity contribution in [3.63, 3.8) is 0 Å². The molecule has 3 N–H and O–H groups in total. The number of rotatable bonds is 5. The minimum atomic E-state index is -3.69. The molecule has 6 nitrogen and oxygen atoms in total. The number of likely N-dealkylation sites (N-methyl/N-ethyl adjacent to an activating group) is 1. The number of allylic oxidation sites excluding steroid dienone is 1. The highest BCUT2D eigenvalue weighted by Gasteiger charge is 2.23. The highest BCUT2D eigenvalue weighted by atomic mass is 32.2. The summed E-state index contributed by atoms with van der Waals surface area (Å²) in [5, 5.41) is 11.7. The molecule has 1 atom stereocenters. The molecular formula is C14H18N2O4S. The maximum Gasteiger partial charge on any atom is 0.249 e. The van der Waals surface area contributed by atoms with E-state index in [1.54, 1.807) is 6.08 Å². The summed E-state index contributed by atoms with van der Waals surface area (Å²) in [4.78, 5) is 11.4. The molecule has 0 spiro atoms. The molecule has 7 heteroatoms. The van der Waals surface area contributed by atoms with Crippen LogP contribution in [-0.2, 0) is 21.2 Å². The molecule has 1 aromatic carbocycles. The number of aliphatic hydroxyl groups is 1. The van der Waals surface area contributed by atoms with Crippen LogP contribution in [0.25, 0.3) is 6.08 Å². The maximum absolute atomic E-state index is 12.2. The third-order valence-electron chi connectivity index (χ3n) is 3.37. The first kappa shape index (κ1) is 15.7. The second-order valence-corrected chi connectivity index (χ2v) is 6.61. The van der Waals surface area contributed by atoms with E-state index in [1.165, 1.54) is 7.05 Å². The Bertz CT molecular complexity index is 667. The molecule has 1 aliphatic carbocycles. The molecule has 0 bridgehead atoms. The van der Waals surface area contributed by atoms with Crippen molar-refractivity contribution in [2.45, 2.75) is 18.9 Å². The third kappa shape index (κ3) is 3.69. The normalized spacial score (nSPS) is 15.8. The standard InChI is InChI=1S/C14H18N2O4S/c1-15-14(18)13(17)9-16-21(19,20)12-7-6-10-4-2-3-5-11(10)8-12/h2-5,8,13,16-17H,6-7,9H2,1H3,(H,15,18)/t13-/m0/s1. The van der Waals surface area contributed by atoms with Gasteiger partial charge in [-0.05, 0) is 30.0 Å². The van der Waals surface area contributed by atoms with Gasteiger partial charge in [-0.2, -0.15) is 0 Å². The van der Waals surface area contributed by atoms with Crippen LogP contribution in [0, 0.1) is 0 Å². The minimum absolute atomic E-state index is 0.269. The van der Waals surface area contributed by atoms with Crippen LogP contribution < -0.4 is 10.0 Å². The molecule has 0 saturated heterocycles. The lowest BCUT2D eigenvalue weighted by molar-refractivity contribution is -0.128. The predicted molar refractivity (Wildman–Crippen MR) is 79.7 cm³/mol. The fourth-order valence-electron chi connectivity index (χ4n) is 2.16. The summed E-state index contributed by atoms with van der Waals surface area (Å²) in [6.07, 6.45) is 1.29. The number of sulfonamides is 1. The number of carbonyl (C=O) groups is 1. The molecule has 0 saturated carbocycles. The Hall–Kier alpha value is -1.70. The Kier molecular flexibility index (Phi) is 4.76. The maximum atomic E-state index is 12.2. The van der Waals surface area contributed by atoms with Gasteiger partial charge in [-0.3, -0.25) is 4.79 Å². The Morgan fingerprint density at radius 1 is 1.33 bits per heavy atom. The molecule has 0 radical (unpaired) electrons. The third-order valence-corrected chi connectivity index (χ3v) is 4.93. The molecule has 2 rings (SSSR count). The van der Waals surface area contributed by atoms with Crippen molar-refractivity contribution >= 4 is 22.0 Å². The Morgan fingerprint density at radius 2 is 2.05 bits per heavy atom. The molecule has 1 aliphatic rings. The second-order valence-electron chi connectivity index (χ2n) is 4.79. The number of benzene rings is 1. The van der Waals surface area contributed by atoms with Crippen molar-refractivity contribution in [2.24, 2.45) is 0 Å². The van der Waals surface area contributed by atoms with Crippen LogP contribution in [-0.4, -0.2) is 39.1 Å². The summed E-state index contributed by atoms with van der Waals surface area (Å²) in [6.45, 7) is -0.346. The number of hydrogen-bond donors (Lipinski definition) is 3. The smallest absolute Gasteiger partial charge is 0.249 e. The van der Waals surface area contributed by atoms with Crippen LogP contribution in [0.5, 0.6) is 0 Å². The van der Waals surface area contributed by atoms with E-state index in [1.807, 2.05) is 24.3 Å². The fraction of sp³-hybridized carbons (Fsp3) is 0.357. The summed E-state index contributed by atoms with van der Waals surface area (Å²) in [5.74, 6) is -0.624. The molecular weight excluding hydrogens is 292 g/mol. The summed E-state index contributed by atoms with van der Waals surface area (Å²) in [7, 11) is -2.32. The van der Waals surface area contributed by atoms with Gasteiger partial charge in [0.2, 0.25) is 15.9 Å². The lowest BCUT2D eigenvalue weighted by Crippen LogP contribution is -2.41. The molecule has 0 aliphatic heterocycles. The molecule has 0 fully saturated rings. The summed E-state index contributed by atoms with van der Waals surface area (Å²) in [5.41, 5.74) is 2.00. The van der Waals surface area contributed by atoms with Gasteiger partial charge in [0, 0.05) is 13.6 Å². The monoisotopic (exact) mass is 310 g/mol. The molecule has 1 amide bonds. The molecule has 0 heterocycles. The van der Waals surface area contributed by atoms with E-state index in [0.29, 0.717) is 12.8 Å². The van der Waals surface area contributed by atoms with Crippen LogP contribution in [0.4, 0.5) is 0 Å². The van der Waals surface area contributed by atoms with Crippen molar-refractivity contribution in [2.75, 3.05) is 13.6 Å². The first-order valence-corrected chi connectivity index (χ1v) is 8.10. The summed E-state index contributed by atoms with van der Waals surface area (Å²) < 4.78 is 26.6. The minimum Gasteiger partial charge on any atom is -0.382 e. The highest BCUT2D eigenvalue weighted by Crippen LogP contribution is 2.26. The van der Waals surface area contributed by atoms with Crippen LogP contribution >= 0.6 is 0 Å². The van der Waals surface area contributed by atoms with E-state index >= 15 is 0 Å². The van der Waals surface area contributed by atoms with Crippen LogP contribution in [0.2, 0.25) is 0 Å². The van der Waals surface area contributed by atoms with Crippen molar-refractivity contribution in [3.8, 4) is 0 Å². The Morgan fingerprint density at radius 3 is 2.76 bits per heavy atom. The van der Waals surface area contributed by atoms with Crippen LogP contribution in [0.1, 0.15) is 17.5 Å². The van der Waals surface area contributed by atoms with E-state index in [4.69, 9.17) is 0 Å². The molecule has 21 heavy (non-hydrogen) atoms. The van der Waals surface area contributed by atoms with Gasteiger partial charge in [0.15, 0.2) is 0 Å².